The number of hydrogen-bond acceptors (Lipinski definition) is 2. The maximum Gasteiger partial charge on any atom is 0.323 e. The number of urea groups is 1. The molecule has 0 aliphatic heterocycles. The van der Waals surface area contributed by atoms with Crippen LogP contribution in [0.1, 0.15) is 12.5 Å². The number of benzene rings is 2. The molecular formula is C16H18ClN3O. The van der Waals surface area contributed by atoms with Crippen molar-refractivity contribution in [2.24, 2.45) is 0 Å². The summed E-state index contributed by atoms with van der Waals surface area (Å²) in [6.07, 6.45) is 0. The van der Waals surface area contributed by atoms with Crippen LogP contribution in [0.15, 0.2) is 48.5 Å². The predicted molar refractivity (Wildman–Crippen MR) is 87.9 cm³/mol. The molecule has 3 N–H and O–H groups in total. The lowest BCUT2D eigenvalue weighted by atomic mass is 10.2. The van der Waals surface area contributed by atoms with Crippen molar-refractivity contribution < 1.29 is 4.79 Å². The molecule has 0 spiro atoms. The molecule has 2 rings (SSSR count). The monoisotopic (exact) mass is 303 g/mol. The Hall–Kier alpha value is -2.04. The fraction of sp³-hybridized carbons (Fsp3) is 0.188. The lowest BCUT2D eigenvalue weighted by molar-refractivity contribution is 0.262. The summed E-state index contributed by atoms with van der Waals surface area (Å²) >= 11 is 6.02. The van der Waals surface area contributed by atoms with Crippen molar-refractivity contribution in [3.63, 3.8) is 0 Å². The minimum atomic E-state index is -0.313. The molecule has 21 heavy (non-hydrogen) atoms. The van der Waals surface area contributed by atoms with Gasteiger partial charge in [0.1, 0.15) is 0 Å². The SMILES string of the molecule is CCNCc1ccccc1NC(=O)Nc1ccccc1Cl. The zero-order valence-corrected chi connectivity index (χ0v) is 12.6. The van der Waals surface area contributed by atoms with Crippen LogP contribution in [0.4, 0.5) is 16.2 Å². The van der Waals surface area contributed by atoms with E-state index in [1.807, 2.05) is 43.3 Å². The molecule has 0 radical (unpaired) electrons. The van der Waals surface area contributed by atoms with E-state index in [0.717, 1.165) is 17.8 Å². The Kier molecular flexibility index (Phi) is 5.60. The Morgan fingerprint density at radius 2 is 1.62 bits per heavy atom. The van der Waals surface area contributed by atoms with Crippen LogP contribution in [0.3, 0.4) is 0 Å². The first kappa shape index (κ1) is 15.4. The Morgan fingerprint density at radius 1 is 1.00 bits per heavy atom. The number of nitrogens with one attached hydrogen (secondary N) is 3. The van der Waals surface area contributed by atoms with Crippen LogP contribution in [-0.4, -0.2) is 12.6 Å². The van der Waals surface area contributed by atoms with E-state index >= 15 is 0 Å². The second-order valence-electron chi connectivity index (χ2n) is 4.50. The highest BCUT2D eigenvalue weighted by Crippen LogP contribution is 2.21. The molecule has 110 valence electrons. The number of hydrogen-bond donors (Lipinski definition) is 3. The van der Waals surface area contributed by atoms with Gasteiger partial charge in [-0.3, -0.25) is 0 Å². The van der Waals surface area contributed by atoms with Gasteiger partial charge < -0.3 is 16.0 Å². The summed E-state index contributed by atoms with van der Waals surface area (Å²) in [6, 6.07) is 14.5. The minimum absolute atomic E-state index is 0.313. The standard InChI is InChI=1S/C16H18ClN3O/c1-2-18-11-12-7-3-5-9-14(12)19-16(21)20-15-10-6-4-8-13(15)17/h3-10,18H,2,11H2,1H3,(H2,19,20,21). The van der Waals surface area contributed by atoms with Crippen LogP contribution in [0.2, 0.25) is 5.02 Å². The van der Waals surface area contributed by atoms with Crippen LogP contribution in [0.5, 0.6) is 0 Å². The molecule has 0 unspecified atom stereocenters. The van der Waals surface area contributed by atoms with Crippen molar-refractivity contribution in [2.45, 2.75) is 13.5 Å². The number of halogens is 1. The number of carbonyl (C=O) groups is 1. The summed E-state index contributed by atoms with van der Waals surface area (Å²) < 4.78 is 0. The van der Waals surface area contributed by atoms with Gasteiger partial charge in [0.25, 0.3) is 0 Å². The Labute approximate surface area is 129 Å². The topological polar surface area (TPSA) is 53.2 Å². The van der Waals surface area contributed by atoms with Gasteiger partial charge >= 0.3 is 6.03 Å². The zero-order valence-electron chi connectivity index (χ0n) is 11.8. The van der Waals surface area contributed by atoms with E-state index in [0.29, 0.717) is 17.3 Å². The highest BCUT2D eigenvalue weighted by Gasteiger charge is 2.07. The maximum atomic E-state index is 12.1. The van der Waals surface area contributed by atoms with Crippen LogP contribution in [-0.2, 0) is 6.54 Å². The Morgan fingerprint density at radius 3 is 2.33 bits per heavy atom. The molecule has 0 bridgehead atoms. The zero-order chi connectivity index (χ0) is 15.1. The van der Waals surface area contributed by atoms with Gasteiger partial charge in [0, 0.05) is 12.2 Å². The molecule has 0 aromatic heterocycles. The molecular weight excluding hydrogens is 286 g/mol. The summed E-state index contributed by atoms with van der Waals surface area (Å²) in [5.74, 6) is 0. The number of rotatable bonds is 5. The molecule has 0 atom stereocenters. The van der Waals surface area contributed by atoms with Gasteiger partial charge in [-0.15, -0.1) is 0 Å². The van der Waals surface area contributed by atoms with Gasteiger partial charge in [-0.25, -0.2) is 4.79 Å². The first-order valence-electron chi connectivity index (χ1n) is 6.82. The van der Waals surface area contributed by atoms with Gasteiger partial charge in [-0.2, -0.15) is 0 Å². The van der Waals surface area contributed by atoms with E-state index in [1.54, 1.807) is 12.1 Å². The normalized spacial score (nSPS) is 10.2. The fourth-order valence-electron chi connectivity index (χ4n) is 1.89. The van der Waals surface area contributed by atoms with Crippen LogP contribution < -0.4 is 16.0 Å². The van der Waals surface area contributed by atoms with E-state index in [4.69, 9.17) is 11.6 Å². The molecule has 4 nitrogen and oxygen atoms in total. The van der Waals surface area contributed by atoms with E-state index in [1.165, 1.54) is 0 Å². The number of carbonyl (C=O) groups excluding carboxylic acids is 1. The molecule has 2 aromatic carbocycles. The summed E-state index contributed by atoms with van der Waals surface area (Å²) in [5, 5.41) is 9.34. The Bertz CT molecular complexity index is 616. The molecule has 2 aromatic rings. The van der Waals surface area contributed by atoms with Crippen molar-refractivity contribution in [2.75, 3.05) is 17.2 Å². The third-order valence-corrected chi connectivity index (χ3v) is 3.28. The molecule has 0 heterocycles. The van der Waals surface area contributed by atoms with Gasteiger partial charge in [0.2, 0.25) is 0 Å². The molecule has 5 heteroatoms. The lowest BCUT2D eigenvalue weighted by Gasteiger charge is -2.12. The Balaban J connectivity index is 2.04. The van der Waals surface area contributed by atoms with E-state index in [9.17, 15) is 4.79 Å². The molecule has 0 aliphatic rings. The first-order chi connectivity index (χ1) is 10.2. The molecule has 0 aliphatic carbocycles. The largest absolute Gasteiger partial charge is 0.323 e. The average molecular weight is 304 g/mol. The predicted octanol–water partition coefficient (Wildman–Crippen LogP) is 4.09. The maximum absolute atomic E-state index is 12.1. The van der Waals surface area contributed by atoms with Gasteiger partial charge in [-0.05, 0) is 30.3 Å². The fourth-order valence-corrected chi connectivity index (χ4v) is 2.08. The van der Waals surface area contributed by atoms with Gasteiger partial charge in [0.15, 0.2) is 0 Å². The van der Waals surface area contributed by atoms with Gasteiger partial charge in [0.05, 0.1) is 10.7 Å². The highest BCUT2D eigenvalue weighted by atomic mass is 35.5. The van der Waals surface area contributed by atoms with Crippen molar-refractivity contribution in [3.05, 3.63) is 59.1 Å². The second-order valence-corrected chi connectivity index (χ2v) is 4.90. The number of anilines is 2. The van der Waals surface area contributed by atoms with Gasteiger partial charge in [-0.1, -0.05) is 48.9 Å². The minimum Gasteiger partial charge on any atom is -0.313 e. The van der Waals surface area contributed by atoms with Crippen LogP contribution in [0, 0.1) is 0 Å². The second kappa shape index (κ2) is 7.67. The quantitative estimate of drug-likeness (QED) is 0.779. The summed E-state index contributed by atoms with van der Waals surface area (Å²) in [6.45, 7) is 3.62. The van der Waals surface area contributed by atoms with E-state index < -0.39 is 0 Å². The number of para-hydroxylation sites is 2. The van der Waals surface area contributed by atoms with E-state index in [2.05, 4.69) is 16.0 Å². The molecule has 0 saturated heterocycles. The number of amides is 2. The lowest BCUT2D eigenvalue weighted by Crippen LogP contribution is -2.21. The molecule has 0 saturated carbocycles. The van der Waals surface area contributed by atoms with Crippen molar-refractivity contribution in [1.29, 1.82) is 0 Å². The smallest absolute Gasteiger partial charge is 0.313 e. The van der Waals surface area contributed by atoms with Crippen molar-refractivity contribution in [1.82, 2.24) is 5.32 Å². The van der Waals surface area contributed by atoms with E-state index in [-0.39, 0.29) is 6.03 Å². The van der Waals surface area contributed by atoms with Crippen molar-refractivity contribution >= 4 is 29.0 Å². The average Bonchev–Trinajstić information content (AvgIpc) is 2.49. The first-order valence-corrected chi connectivity index (χ1v) is 7.19. The summed E-state index contributed by atoms with van der Waals surface area (Å²) in [5.41, 5.74) is 2.40. The summed E-state index contributed by atoms with van der Waals surface area (Å²) in [7, 11) is 0. The molecule has 2 amide bonds. The third kappa shape index (κ3) is 4.48. The summed E-state index contributed by atoms with van der Waals surface area (Å²) in [4.78, 5) is 12.1. The third-order valence-electron chi connectivity index (χ3n) is 2.95. The van der Waals surface area contributed by atoms with Crippen LogP contribution >= 0.6 is 11.6 Å². The van der Waals surface area contributed by atoms with Crippen LogP contribution in [0.25, 0.3) is 0 Å². The molecule has 0 fully saturated rings. The highest BCUT2D eigenvalue weighted by molar-refractivity contribution is 6.33. The van der Waals surface area contributed by atoms with Crippen molar-refractivity contribution in [3.8, 4) is 0 Å².